The molecule has 1 amide bonds. The molecule has 2 heterocycles. The van der Waals surface area contributed by atoms with Gasteiger partial charge in [-0.2, -0.15) is 0 Å². The Bertz CT molecular complexity index is 528. The van der Waals surface area contributed by atoms with Crippen LogP contribution in [0.5, 0.6) is 0 Å². The summed E-state index contributed by atoms with van der Waals surface area (Å²) in [6.45, 7) is 1.59. The number of carboxylic acid groups (broad SMARTS) is 1. The molecule has 0 bridgehead atoms. The third kappa shape index (κ3) is 3.09. The Morgan fingerprint density at radius 2 is 2.26 bits per heavy atom. The van der Waals surface area contributed by atoms with Crippen LogP contribution < -0.4 is 4.90 Å². The Hall–Kier alpha value is -2.37. The van der Waals surface area contributed by atoms with E-state index in [0.29, 0.717) is 24.5 Å². The van der Waals surface area contributed by atoms with Crippen molar-refractivity contribution in [2.24, 2.45) is 0 Å². The Kier molecular flexibility index (Phi) is 3.79. The monoisotopic (exact) mass is 261 g/mol. The predicted octanol–water partition coefficient (Wildman–Crippen LogP) is 0.458. The molecule has 1 saturated heterocycles. The molecule has 1 aliphatic rings. The second-order valence-electron chi connectivity index (χ2n) is 4.32. The number of rotatable bonds is 3. The molecule has 6 nitrogen and oxygen atoms in total. The van der Waals surface area contributed by atoms with Gasteiger partial charge >= 0.3 is 5.97 Å². The van der Waals surface area contributed by atoms with Gasteiger partial charge in [0.25, 0.3) is 0 Å². The summed E-state index contributed by atoms with van der Waals surface area (Å²) in [4.78, 5) is 30.1. The lowest BCUT2D eigenvalue weighted by Gasteiger charge is -2.33. The molecule has 100 valence electrons. The first kappa shape index (κ1) is 13.1. The van der Waals surface area contributed by atoms with Gasteiger partial charge in [-0.15, -0.1) is 0 Å². The molecule has 1 fully saturated rings. The van der Waals surface area contributed by atoms with Crippen molar-refractivity contribution in [1.29, 1.82) is 0 Å². The number of carboxylic acids is 1. The number of hydrogen-bond donors (Lipinski definition) is 1. The number of anilines is 1. The van der Waals surface area contributed by atoms with Crippen LogP contribution in [0.25, 0.3) is 6.08 Å². The standard InChI is InChI=1S/C13H15N3O3/c1-15-7-8-16(9-11(15)17)13-10(3-2-6-14-13)4-5-12(18)19/h2-6H,7-9H2,1H3,(H,18,19)/b5-4+. The molecule has 0 spiro atoms. The number of carbonyl (C=O) groups excluding carboxylic acids is 1. The van der Waals surface area contributed by atoms with Crippen LogP contribution in [0.1, 0.15) is 5.56 Å². The summed E-state index contributed by atoms with van der Waals surface area (Å²) in [6.07, 6.45) is 4.20. The van der Waals surface area contributed by atoms with E-state index < -0.39 is 5.97 Å². The van der Waals surface area contributed by atoms with Crippen molar-refractivity contribution in [1.82, 2.24) is 9.88 Å². The lowest BCUT2D eigenvalue weighted by molar-refractivity contribution is -0.131. The summed E-state index contributed by atoms with van der Waals surface area (Å²) in [5.41, 5.74) is 0.697. The van der Waals surface area contributed by atoms with Crippen LogP contribution in [0.4, 0.5) is 5.82 Å². The Labute approximate surface area is 111 Å². The number of carbonyl (C=O) groups is 2. The number of nitrogens with zero attached hydrogens (tertiary/aromatic N) is 3. The van der Waals surface area contributed by atoms with Crippen molar-refractivity contribution in [3.8, 4) is 0 Å². The SMILES string of the molecule is CN1CCN(c2ncccc2/C=C/C(=O)O)CC1=O. The summed E-state index contributed by atoms with van der Waals surface area (Å²) < 4.78 is 0. The van der Waals surface area contributed by atoms with Gasteiger partial charge in [-0.05, 0) is 18.2 Å². The van der Waals surface area contributed by atoms with Crippen LogP contribution in [-0.4, -0.2) is 53.5 Å². The predicted molar refractivity (Wildman–Crippen MR) is 70.8 cm³/mol. The number of aromatic nitrogens is 1. The van der Waals surface area contributed by atoms with Crippen LogP contribution in [0, 0.1) is 0 Å². The summed E-state index contributed by atoms with van der Waals surface area (Å²) in [5, 5.41) is 8.67. The third-order valence-corrected chi connectivity index (χ3v) is 2.98. The quantitative estimate of drug-likeness (QED) is 0.800. The van der Waals surface area contributed by atoms with Gasteiger partial charge in [0, 0.05) is 38.0 Å². The topological polar surface area (TPSA) is 73.7 Å². The fourth-order valence-corrected chi connectivity index (χ4v) is 1.90. The molecule has 0 unspecified atom stereocenters. The van der Waals surface area contributed by atoms with E-state index in [9.17, 15) is 9.59 Å². The van der Waals surface area contributed by atoms with E-state index in [1.807, 2.05) is 4.90 Å². The maximum absolute atomic E-state index is 11.7. The molecular weight excluding hydrogens is 246 g/mol. The molecule has 1 aliphatic heterocycles. The van der Waals surface area contributed by atoms with Crippen molar-refractivity contribution in [3.63, 3.8) is 0 Å². The minimum atomic E-state index is -1.01. The lowest BCUT2D eigenvalue weighted by atomic mass is 10.2. The molecule has 0 atom stereocenters. The van der Waals surface area contributed by atoms with Gasteiger partial charge in [0.1, 0.15) is 5.82 Å². The zero-order valence-corrected chi connectivity index (χ0v) is 10.6. The summed E-state index contributed by atoms with van der Waals surface area (Å²) in [6, 6.07) is 3.52. The van der Waals surface area contributed by atoms with E-state index in [-0.39, 0.29) is 12.5 Å². The van der Waals surface area contributed by atoms with Crippen LogP contribution in [-0.2, 0) is 9.59 Å². The number of pyridine rings is 1. The fraction of sp³-hybridized carbons (Fsp3) is 0.308. The van der Waals surface area contributed by atoms with E-state index in [2.05, 4.69) is 4.98 Å². The molecular formula is C13H15N3O3. The van der Waals surface area contributed by atoms with Gasteiger partial charge in [-0.25, -0.2) is 9.78 Å². The van der Waals surface area contributed by atoms with Crippen molar-refractivity contribution in [2.75, 3.05) is 31.6 Å². The molecule has 1 N–H and O–H groups in total. The number of hydrogen-bond acceptors (Lipinski definition) is 4. The van der Waals surface area contributed by atoms with Crippen molar-refractivity contribution in [3.05, 3.63) is 30.0 Å². The molecule has 1 aromatic rings. The van der Waals surface area contributed by atoms with Crippen molar-refractivity contribution < 1.29 is 14.7 Å². The highest BCUT2D eigenvalue weighted by Gasteiger charge is 2.23. The van der Waals surface area contributed by atoms with Crippen LogP contribution in [0.15, 0.2) is 24.4 Å². The summed E-state index contributed by atoms with van der Waals surface area (Å²) >= 11 is 0. The third-order valence-electron chi connectivity index (χ3n) is 2.98. The Balaban J connectivity index is 2.25. The number of aliphatic carboxylic acids is 1. The Morgan fingerprint density at radius 3 is 2.95 bits per heavy atom. The van der Waals surface area contributed by atoms with Gasteiger partial charge < -0.3 is 14.9 Å². The van der Waals surface area contributed by atoms with Gasteiger partial charge in [0.15, 0.2) is 0 Å². The van der Waals surface area contributed by atoms with Gasteiger partial charge in [-0.1, -0.05) is 0 Å². The molecule has 0 saturated carbocycles. The van der Waals surface area contributed by atoms with E-state index in [4.69, 9.17) is 5.11 Å². The normalized spacial score (nSPS) is 16.2. The number of piperazine rings is 1. The minimum absolute atomic E-state index is 0.0325. The van der Waals surface area contributed by atoms with Crippen molar-refractivity contribution >= 4 is 23.8 Å². The van der Waals surface area contributed by atoms with E-state index in [1.54, 1.807) is 30.3 Å². The minimum Gasteiger partial charge on any atom is -0.478 e. The van der Waals surface area contributed by atoms with Crippen LogP contribution in [0.2, 0.25) is 0 Å². The average molecular weight is 261 g/mol. The lowest BCUT2D eigenvalue weighted by Crippen LogP contribution is -2.49. The molecule has 2 rings (SSSR count). The summed E-state index contributed by atoms with van der Waals surface area (Å²) in [7, 11) is 1.77. The second kappa shape index (κ2) is 5.51. The smallest absolute Gasteiger partial charge is 0.328 e. The first-order chi connectivity index (χ1) is 9.08. The highest BCUT2D eigenvalue weighted by atomic mass is 16.4. The molecule has 19 heavy (non-hydrogen) atoms. The Morgan fingerprint density at radius 1 is 1.47 bits per heavy atom. The first-order valence-electron chi connectivity index (χ1n) is 5.93. The average Bonchev–Trinajstić information content (AvgIpc) is 2.40. The molecule has 6 heteroatoms. The van der Waals surface area contributed by atoms with E-state index in [0.717, 1.165) is 6.08 Å². The zero-order valence-electron chi connectivity index (χ0n) is 10.6. The van der Waals surface area contributed by atoms with Gasteiger partial charge in [0.05, 0.1) is 6.54 Å². The van der Waals surface area contributed by atoms with E-state index >= 15 is 0 Å². The van der Waals surface area contributed by atoms with Gasteiger partial charge in [0.2, 0.25) is 5.91 Å². The zero-order chi connectivity index (χ0) is 13.8. The maximum Gasteiger partial charge on any atom is 0.328 e. The largest absolute Gasteiger partial charge is 0.478 e. The number of likely N-dealkylation sites (N-methyl/N-ethyl adjacent to an activating group) is 1. The fourth-order valence-electron chi connectivity index (χ4n) is 1.90. The molecule has 0 radical (unpaired) electrons. The highest BCUT2D eigenvalue weighted by Crippen LogP contribution is 2.20. The first-order valence-corrected chi connectivity index (χ1v) is 5.93. The number of amides is 1. The maximum atomic E-state index is 11.7. The molecule has 1 aromatic heterocycles. The summed E-state index contributed by atoms with van der Waals surface area (Å²) in [5.74, 6) is -0.337. The van der Waals surface area contributed by atoms with E-state index in [1.165, 1.54) is 6.08 Å². The molecule has 0 aromatic carbocycles. The second-order valence-corrected chi connectivity index (χ2v) is 4.32. The van der Waals surface area contributed by atoms with Crippen LogP contribution in [0.3, 0.4) is 0 Å². The van der Waals surface area contributed by atoms with Crippen molar-refractivity contribution in [2.45, 2.75) is 0 Å². The molecule has 0 aliphatic carbocycles. The van der Waals surface area contributed by atoms with Gasteiger partial charge in [-0.3, -0.25) is 4.79 Å². The highest BCUT2D eigenvalue weighted by molar-refractivity contribution is 5.87. The van der Waals surface area contributed by atoms with Crippen LogP contribution >= 0.6 is 0 Å².